The van der Waals surface area contributed by atoms with Gasteiger partial charge in [-0.2, -0.15) is 0 Å². The molecule has 2 rings (SSSR count). The lowest BCUT2D eigenvalue weighted by atomic mass is 10.1. The van der Waals surface area contributed by atoms with E-state index in [0.717, 1.165) is 6.26 Å². The van der Waals surface area contributed by atoms with E-state index in [1.54, 1.807) is 44.2 Å². The third-order valence-electron chi connectivity index (χ3n) is 5.78. The lowest BCUT2D eigenvalue weighted by Crippen LogP contribution is -2.48. The van der Waals surface area contributed by atoms with Gasteiger partial charge in [-0.1, -0.05) is 43.6 Å². The molecule has 2 aromatic carbocycles. The van der Waals surface area contributed by atoms with Crippen LogP contribution in [0.2, 0.25) is 5.02 Å². The monoisotopic (exact) mass is 539 g/mol. The summed E-state index contributed by atoms with van der Waals surface area (Å²) < 4.78 is 39.6. The standard InChI is InChI=1S/C26H35ClFN3O4S/c1-18(2)16-29-26(33)20(4)30(17-21-11-13-22(28)14-12-21)25(32)10-7-15-31(36(5,34)35)24-9-6-8-23(27)19(24)3/h6,8-9,11-14,18,20H,7,10,15-17H2,1-5H3,(H,29,33). The van der Waals surface area contributed by atoms with Gasteiger partial charge in [-0.25, -0.2) is 12.8 Å². The van der Waals surface area contributed by atoms with Crippen molar-refractivity contribution in [2.75, 3.05) is 23.7 Å². The summed E-state index contributed by atoms with van der Waals surface area (Å²) >= 11 is 6.19. The Morgan fingerprint density at radius 2 is 1.72 bits per heavy atom. The predicted molar refractivity (Wildman–Crippen MR) is 142 cm³/mol. The number of carbonyl (C=O) groups excluding carboxylic acids is 2. The molecule has 0 radical (unpaired) electrons. The van der Waals surface area contributed by atoms with Crippen LogP contribution < -0.4 is 9.62 Å². The highest BCUT2D eigenvalue weighted by Crippen LogP contribution is 2.28. The minimum absolute atomic E-state index is 0.0224. The molecule has 198 valence electrons. The highest BCUT2D eigenvalue weighted by molar-refractivity contribution is 7.92. The van der Waals surface area contributed by atoms with Crippen LogP contribution in [-0.2, 0) is 26.2 Å². The van der Waals surface area contributed by atoms with Gasteiger partial charge in [0.1, 0.15) is 11.9 Å². The van der Waals surface area contributed by atoms with Crippen LogP contribution in [0.15, 0.2) is 42.5 Å². The molecule has 1 atom stereocenters. The fraction of sp³-hybridized carbons (Fsp3) is 0.462. The molecule has 0 aliphatic carbocycles. The molecule has 1 unspecified atom stereocenters. The average molecular weight is 540 g/mol. The van der Waals surface area contributed by atoms with E-state index in [-0.39, 0.29) is 43.7 Å². The van der Waals surface area contributed by atoms with Crippen molar-refractivity contribution >= 4 is 39.1 Å². The molecular weight excluding hydrogens is 505 g/mol. The first-order chi connectivity index (χ1) is 16.8. The Morgan fingerprint density at radius 1 is 1.08 bits per heavy atom. The molecule has 1 N–H and O–H groups in total. The van der Waals surface area contributed by atoms with Gasteiger partial charge in [-0.15, -0.1) is 0 Å². The maximum atomic E-state index is 13.4. The average Bonchev–Trinajstić information content (AvgIpc) is 2.80. The summed E-state index contributed by atoms with van der Waals surface area (Å²) in [6, 6.07) is 10.0. The minimum Gasteiger partial charge on any atom is -0.354 e. The van der Waals surface area contributed by atoms with Crippen LogP contribution >= 0.6 is 11.6 Å². The number of anilines is 1. The Hall–Kier alpha value is -2.65. The molecule has 10 heteroatoms. The number of hydrogen-bond acceptors (Lipinski definition) is 4. The van der Waals surface area contributed by atoms with Crippen LogP contribution in [0, 0.1) is 18.7 Å². The summed E-state index contributed by atoms with van der Waals surface area (Å²) in [6.07, 6.45) is 1.36. The van der Waals surface area contributed by atoms with Crippen LogP contribution in [-0.4, -0.2) is 50.5 Å². The quantitative estimate of drug-likeness (QED) is 0.429. The molecule has 0 aromatic heterocycles. The van der Waals surface area contributed by atoms with E-state index in [0.29, 0.717) is 28.4 Å². The molecule has 0 aliphatic heterocycles. The maximum Gasteiger partial charge on any atom is 0.242 e. The Kier molecular flexibility index (Phi) is 10.7. The van der Waals surface area contributed by atoms with Crippen molar-refractivity contribution in [2.45, 2.75) is 53.1 Å². The molecule has 2 aromatic rings. The first-order valence-corrected chi connectivity index (χ1v) is 14.1. The zero-order valence-corrected chi connectivity index (χ0v) is 23.0. The zero-order chi connectivity index (χ0) is 27.0. The van der Waals surface area contributed by atoms with Crippen molar-refractivity contribution in [3.05, 3.63) is 64.4 Å². The number of rotatable bonds is 12. The van der Waals surface area contributed by atoms with Crippen LogP contribution in [0.4, 0.5) is 10.1 Å². The SMILES string of the molecule is Cc1c(Cl)cccc1N(CCCC(=O)N(Cc1ccc(F)cc1)C(C)C(=O)NCC(C)C)S(C)(=O)=O. The van der Waals surface area contributed by atoms with Gasteiger partial charge in [0, 0.05) is 31.1 Å². The van der Waals surface area contributed by atoms with Crippen LogP contribution in [0.5, 0.6) is 0 Å². The molecule has 0 fully saturated rings. The Labute approximate surface area is 218 Å². The van der Waals surface area contributed by atoms with Gasteiger partial charge in [0.2, 0.25) is 21.8 Å². The van der Waals surface area contributed by atoms with Crippen molar-refractivity contribution in [1.29, 1.82) is 0 Å². The molecule has 2 amide bonds. The fourth-order valence-electron chi connectivity index (χ4n) is 3.67. The van der Waals surface area contributed by atoms with Crippen molar-refractivity contribution in [2.24, 2.45) is 5.92 Å². The van der Waals surface area contributed by atoms with Crippen molar-refractivity contribution < 1.29 is 22.4 Å². The number of carbonyl (C=O) groups is 2. The molecule has 0 saturated heterocycles. The van der Waals surface area contributed by atoms with Gasteiger partial charge >= 0.3 is 0 Å². The van der Waals surface area contributed by atoms with Crippen LogP contribution in [0.1, 0.15) is 44.7 Å². The van der Waals surface area contributed by atoms with Gasteiger partial charge < -0.3 is 10.2 Å². The lowest BCUT2D eigenvalue weighted by molar-refractivity contribution is -0.140. The van der Waals surface area contributed by atoms with E-state index in [9.17, 15) is 22.4 Å². The summed E-state index contributed by atoms with van der Waals surface area (Å²) in [6.45, 7) is 8.01. The fourth-order valence-corrected chi connectivity index (χ4v) is 4.86. The van der Waals surface area contributed by atoms with E-state index < -0.39 is 21.9 Å². The molecule has 0 heterocycles. The number of amides is 2. The maximum absolute atomic E-state index is 13.4. The molecule has 36 heavy (non-hydrogen) atoms. The van der Waals surface area contributed by atoms with E-state index in [2.05, 4.69) is 5.32 Å². The zero-order valence-electron chi connectivity index (χ0n) is 21.4. The van der Waals surface area contributed by atoms with Crippen molar-refractivity contribution in [3.63, 3.8) is 0 Å². The van der Waals surface area contributed by atoms with Crippen LogP contribution in [0.3, 0.4) is 0 Å². The summed E-state index contributed by atoms with van der Waals surface area (Å²) in [7, 11) is -3.62. The molecule has 0 aliphatic rings. The summed E-state index contributed by atoms with van der Waals surface area (Å²) in [5.74, 6) is -0.731. The number of nitrogens with zero attached hydrogens (tertiary/aromatic N) is 2. The van der Waals surface area contributed by atoms with Gasteiger partial charge in [0.05, 0.1) is 11.9 Å². The van der Waals surface area contributed by atoms with E-state index >= 15 is 0 Å². The highest BCUT2D eigenvalue weighted by atomic mass is 35.5. The lowest BCUT2D eigenvalue weighted by Gasteiger charge is -2.30. The number of nitrogens with one attached hydrogen (secondary N) is 1. The third kappa shape index (κ3) is 8.48. The van der Waals surface area contributed by atoms with Crippen molar-refractivity contribution in [1.82, 2.24) is 10.2 Å². The normalized spacial score (nSPS) is 12.3. The second-order valence-electron chi connectivity index (χ2n) is 9.29. The van der Waals surface area contributed by atoms with Gasteiger partial charge in [-0.3, -0.25) is 13.9 Å². The van der Waals surface area contributed by atoms with E-state index in [1.807, 2.05) is 13.8 Å². The minimum atomic E-state index is -3.62. The predicted octanol–water partition coefficient (Wildman–Crippen LogP) is 4.52. The highest BCUT2D eigenvalue weighted by Gasteiger charge is 2.27. The van der Waals surface area contributed by atoms with Crippen molar-refractivity contribution in [3.8, 4) is 0 Å². The van der Waals surface area contributed by atoms with Gasteiger partial charge in [-0.05, 0) is 61.6 Å². The molecule has 0 saturated carbocycles. The van der Waals surface area contributed by atoms with Crippen LogP contribution in [0.25, 0.3) is 0 Å². The second kappa shape index (κ2) is 13.1. The summed E-state index contributed by atoms with van der Waals surface area (Å²) in [4.78, 5) is 27.5. The van der Waals surface area contributed by atoms with E-state index in [1.165, 1.54) is 21.3 Å². The van der Waals surface area contributed by atoms with Gasteiger partial charge in [0.25, 0.3) is 0 Å². The van der Waals surface area contributed by atoms with Gasteiger partial charge in [0.15, 0.2) is 0 Å². The molecular formula is C26H35ClFN3O4S. The number of halogens is 2. The second-order valence-corrected chi connectivity index (χ2v) is 11.6. The summed E-state index contributed by atoms with van der Waals surface area (Å²) in [5.41, 5.74) is 1.77. The number of benzene rings is 2. The Balaban J connectivity index is 2.19. The third-order valence-corrected chi connectivity index (χ3v) is 7.37. The first-order valence-electron chi connectivity index (χ1n) is 11.9. The molecule has 0 bridgehead atoms. The topological polar surface area (TPSA) is 86.8 Å². The molecule has 7 nitrogen and oxygen atoms in total. The first kappa shape index (κ1) is 29.6. The summed E-state index contributed by atoms with van der Waals surface area (Å²) in [5, 5.41) is 3.29. The number of sulfonamides is 1. The Bertz CT molecular complexity index is 1160. The largest absolute Gasteiger partial charge is 0.354 e. The molecule has 0 spiro atoms. The Morgan fingerprint density at radius 3 is 2.31 bits per heavy atom. The number of hydrogen-bond donors (Lipinski definition) is 1. The van der Waals surface area contributed by atoms with E-state index in [4.69, 9.17) is 11.6 Å². The smallest absolute Gasteiger partial charge is 0.242 e.